The van der Waals surface area contributed by atoms with Gasteiger partial charge in [0.2, 0.25) is 5.91 Å². The molecule has 1 atom stereocenters. The molecular formula is C29H36N2O5. The molecule has 1 unspecified atom stereocenters. The summed E-state index contributed by atoms with van der Waals surface area (Å²) < 4.78 is 11.5. The number of hydrogen-bond donors (Lipinski definition) is 1. The second-order valence-corrected chi connectivity index (χ2v) is 10.1. The molecule has 7 nitrogen and oxygen atoms in total. The van der Waals surface area contributed by atoms with Gasteiger partial charge in [-0.25, -0.2) is 4.79 Å². The first-order valence-corrected chi connectivity index (χ1v) is 12.1. The number of amides is 2. The van der Waals surface area contributed by atoms with Crippen molar-refractivity contribution in [3.8, 4) is 17.6 Å². The summed E-state index contributed by atoms with van der Waals surface area (Å²) in [4.78, 5) is 29.2. The van der Waals surface area contributed by atoms with E-state index in [0.29, 0.717) is 18.8 Å². The molecule has 2 aromatic carbocycles. The maximum atomic E-state index is 13.9. The topological polar surface area (TPSA) is 79.3 Å². The standard InChI is InChI=1S/C29H36N2O5/c1-7-8-17-36-29(24-12-10-9-11-21(24)2)19-30(20-29)26(32)25(31(27(33)34)28(3,4)5)18-22-13-15-23(35-6)16-14-22/h9-16,25H,17-20H2,1-6H3,(H,33,34). The van der Waals surface area contributed by atoms with Gasteiger partial charge in [-0.05, 0) is 63.4 Å². The van der Waals surface area contributed by atoms with Gasteiger partial charge in [-0.2, -0.15) is 0 Å². The van der Waals surface area contributed by atoms with Crippen LogP contribution < -0.4 is 4.74 Å². The van der Waals surface area contributed by atoms with Crippen molar-refractivity contribution in [2.24, 2.45) is 0 Å². The van der Waals surface area contributed by atoms with Gasteiger partial charge in [0.05, 0.1) is 20.2 Å². The van der Waals surface area contributed by atoms with E-state index in [1.54, 1.807) is 39.7 Å². The van der Waals surface area contributed by atoms with Crippen LogP contribution >= 0.6 is 0 Å². The summed E-state index contributed by atoms with van der Waals surface area (Å²) in [5, 5.41) is 10.1. The van der Waals surface area contributed by atoms with Crippen LogP contribution in [0, 0.1) is 18.8 Å². The molecule has 1 N–H and O–H groups in total. The molecule has 3 rings (SSSR count). The van der Waals surface area contributed by atoms with Crippen LogP contribution in [0.25, 0.3) is 0 Å². The minimum Gasteiger partial charge on any atom is -0.497 e. The highest BCUT2D eigenvalue weighted by atomic mass is 16.5. The van der Waals surface area contributed by atoms with Crippen molar-refractivity contribution in [2.45, 2.75) is 58.2 Å². The molecule has 0 spiro atoms. The molecule has 1 saturated heterocycles. The van der Waals surface area contributed by atoms with E-state index in [0.717, 1.165) is 16.7 Å². The maximum Gasteiger partial charge on any atom is 0.408 e. The van der Waals surface area contributed by atoms with Crippen molar-refractivity contribution >= 4 is 12.0 Å². The summed E-state index contributed by atoms with van der Waals surface area (Å²) in [5.74, 6) is 6.26. The van der Waals surface area contributed by atoms with E-state index in [9.17, 15) is 14.7 Å². The van der Waals surface area contributed by atoms with Crippen molar-refractivity contribution in [3.05, 3.63) is 65.2 Å². The van der Waals surface area contributed by atoms with E-state index in [4.69, 9.17) is 9.47 Å². The molecule has 36 heavy (non-hydrogen) atoms. The number of likely N-dealkylation sites (tertiary alicyclic amines) is 1. The van der Waals surface area contributed by atoms with Crippen LogP contribution in [-0.2, 0) is 21.6 Å². The number of carbonyl (C=O) groups excluding carboxylic acids is 1. The first-order valence-electron chi connectivity index (χ1n) is 12.1. The van der Waals surface area contributed by atoms with E-state index in [2.05, 4.69) is 11.8 Å². The molecule has 2 amide bonds. The molecule has 192 valence electrons. The average molecular weight is 493 g/mol. The number of aryl methyl sites for hydroxylation is 1. The first kappa shape index (κ1) is 27.1. The van der Waals surface area contributed by atoms with Gasteiger partial charge in [-0.3, -0.25) is 9.69 Å². The van der Waals surface area contributed by atoms with Gasteiger partial charge in [-0.1, -0.05) is 42.3 Å². The lowest BCUT2D eigenvalue weighted by atomic mass is 9.82. The van der Waals surface area contributed by atoms with Crippen molar-refractivity contribution in [1.82, 2.24) is 9.80 Å². The van der Waals surface area contributed by atoms with Gasteiger partial charge >= 0.3 is 6.09 Å². The smallest absolute Gasteiger partial charge is 0.408 e. The molecule has 2 aromatic rings. The van der Waals surface area contributed by atoms with Crippen LogP contribution in [0.5, 0.6) is 5.75 Å². The SMILES string of the molecule is CC#CCOC1(c2ccccc2C)CN(C(=O)C(Cc2ccc(OC)cc2)N(C(=O)O)C(C)(C)C)C1. The van der Waals surface area contributed by atoms with Crippen molar-refractivity contribution < 1.29 is 24.2 Å². The second kappa shape index (κ2) is 11.0. The van der Waals surface area contributed by atoms with Crippen LogP contribution in [0.3, 0.4) is 0 Å². The third kappa shape index (κ3) is 5.83. The van der Waals surface area contributed by atoms with Crippen LogP contribution in [0.4, 0.5) is 4.79 Å². The Morgan fingerprint density at radius 1 is 1.14 bits per heavy atom. The summed E-state index contributed by atoms with van der Waals surface area (Å²) in [6, 6.07) is 14.4. The lowest BCUT2D eigenvalue weighted by molar-refractivity contribution is -0.174. The lowest BCUT2D eigenvalue weighted by Crippen LogP contribution is -2.67. The van der Waals surface area contributed by atoms with Crippen LogP contribution in [0.15, 0.2) is 48.5 Å². The quantitative estimate of drug-likeness (QED) is 0.550. The maximum absolute atomic E-state index is 13.9. The summed E-state index contributed by atoms with van der Waals surface area (Å²) >= 11 is 0. The van der Waals surface area contributed by atoms with Gasteiger partial charge in [0.15, 0.2) is 0 Å². The van der Waals surface area contributed by atoms with E-state index in [1.807, 2.05) is 55.5 Å². The number of carboxylic acid groups (broad SMARTS) is 1. The summed E-state index contributed by atoms with van der Waals surface area (Å²) in [6.07, 6.45) is -0.878. The number of methoxy groups -OCH3 is 1. The number of nitrogens with zero attached hydrogens (tertiary/aromatic N) is 2. The highest BCUT2D eigenvalue weighted by Crippen LogP contribution is 2.39. The number of carbonyl (C=O) groups is 2. The molecule has 0 saturated carbocycles. The molecular weight excluding hydrogens is 456 g/mol. The number of benzene rings is 2. The summed E-state index contributed by atoms with van der Waals surface area (Å²) in [6.45, 7) is 10.1. The molecule has 7 heteroatoms. The fraction of sp³-hybridized carbons (Fsp3) is 0.448. The zero-order chi connectivity index (χ0) is 26.5. The largest absolute Gasteiger partial charge is 0.497 e. The average Bonchev–Trinajstić information content (AvgIpc) is 2.80. The van der Waals surface area contributed by atoms with Crippen LogP contribution in [0.2, 0.25) is 0 Å². The van der Waals surface area contributed by atoms with Crippen LogP contribution in [-0.4, -0.2) is 65.3 Å². The lowest BCUT2D eigenvalue weighted by Gasteiger charge is -2.52. The Morgan fingerprint density at radius 3 is 2.31 bits per heavy atom. The Hall–Kier alpha value is -3.50. The zero-order valence-corrected chi connectivity index (χ0v) is 22.0. The Balaban J connectivity index is 1.91. The third-order valence-corrected chi connectivity index (χ3v) is 6.55. The predicted molar refractivity (Wildman–Crippen MR) is 139 cm³/mol. The minimum atomic E-state index is -1.13. The van der Waals surface area contributed by atoms with E-state index in [1.165, 1.54) is 4.90 Å². The molecule has 1 fully saturated rings. The Morgan fingerprint density at radius 2 is 1.78 bits per heavy atom. The van der Waals surface area contributed by atoms with E-state index in [-0.39, 0.29) is 18.9 Å². The Bertz CT molecular complexity index is 1130. The fourth-order valence-corrected chi connectivity index (χ4v) is 4.77. The minimum absolute atomic E-state index is 0.238. The van der Waals surface area contributed by atoms with Gasteiger partial charge in [0, 0.05) is 12.0 Å². The van der Waals surface area contributed by atoms with Gasteiger partial charge in [0.1, 0.15) is 24.0 Å². The summed E-state index contributed by atoms with van der Waals surface area (Å²) in [7, 11) is 1.59. The first-order chi connectivity index (χ1) is 17.0. The molecule has 0 aromatic heterocycles. The normalized spacial score (nSPS) is 15.2. The van der Waals surface area contributed by atoms with Crippen molar-refractivity contribution in [2.75, 3.05) is 26.8 Å². The molecule has 0 radical (unpaired) electrons. The number of ether oxygens (including phenoxy) is 2. The van der Waals surface area contributed by atoms with Gasteiger partial charge < -0.3 is 19.5 Å². The highest BCUT2D eigenvalue weighted by molar-refractivity contribution is 5.87. The number of rotatable bonds is 8. The van der Waals surface area contributed by atoms with Crippen molar-refractivity contribution in [3.63, 3.8) is 0 Å². The summed E-state index contributed by atoms with van der Waals surface area (Å²) in [5.41, 5.74) is 1.50. The van der Waals surface area contributed by atoms with E-state index < -0.39 is 23.3 Å². The highest BCUT2D eigenvalue weighted by Gasteiger charge is 2.51. The molecule has 0 bridgehead atoms. The van der Waals surface area contributed by atoms with Gasteiger partial charge in [-0.15, -0.1) is 5.92 Å². The monoisotopic (exact) mass is 492 g/mol. The molecule has 1 aliphatic heterocycles. The second-order valence-electron chi connectivity index (χ2n) is 10.1. The zero-order valence-electron chi connectivity index (χ0n) is 22.0. The third-order valence-electron chi connectivity index (χ3n) is 6.55. The molecule has 1 heterocycles. The predicted octanol–water partition coefficient (Wildman–Crippen LogP) is 4.47. The van der Waals surface area contributed by atoms with Gasteiger partial charge in [0.25, 0.3) is 0 Å². The number of hydrogen-bond acceptors (Lipinski definition) is 4. The fourth-order valence-electron chi connectivity index (χ4n) is 4.77. The van der Waals surface area contributed by atoms with Crippen molar-refractivity contribution in [1.29, 1.82) is 0 Å². The molecule has 0 aliphatic carbocycles. The van der Waals surface area contributed by atoms with Crippen LogP contribution in [0.1, 0.15) is 44.4 Å². The Labute approximate surface area is 214 Å². The Kier molecular flexibility index (Phi) is 8.31. The molecule has 1 aliphatic rings. The van der Waals surface area contributed by atoms with E-state index >= 15 is 0 Å².